The van der Waals surface area contributed by atoms with Gasteiger partial charge in [-0.25, -0.2) is 4.79 Å². The highest BCUT2D eigenvalue weighted by molar-refractivity contribution is 5.81. The summed E-state index contributed by atoms with van der Waals surface area (Å²) >= 11 is 0. The van der Waals surface area contributed by atoms with Crippen LogP contribution in [0.1, 0.15) is 40.5 Å². The second kappa shape index (κ2) is 6.72. The van der Waals surface area contributed by atoms with Gasteiger partial charge in [0.25, 0.3) is 0 Å². The van der Waals surface area contributed by atoms with E-state index in [1.807, 2.05) is 6.92 Å². The summed E-state index contributed by atoms with van der Waals surface area (Å²) in [7, 11) is 0. The number of hydrogen-bond donors (Lipinski definition) is 0. The third-order valence-electron chi connectivity index (χ3n) is 2.52. The van der Waals surface area contributed by atoms with Crippen LogP contribution in [0.5, 0.6) is 0 Å². The van der Waals surface area contributed by atoms with Crippen molar-refractivity contribution in [2.45, 2.75) is 46.6 Å². The first-order valence-electron chi connectivity index (χ1n) is 5.79. The summed E-state index contributed by atoms with van der Waals surface area (Å²) in [6.07, 6.45) is 5.05. The van der Waals surface area contributed by atoms with E-state index in [1.54, 1.807) is 0 Å². The van der Waals surface area contributed by atoms with E-state index in [2.05, 4.69) is 40.7 Å². The zero-order valence-electron chi connectivity index (χ0n) is 11.0. The van der Waals surface area contributed by atoms with Crippen LogP contribution in [0.25, 0.3) is 0 Å². The predicted octanol–water partition coefficient (Wildman–Crippen LogP) is 3.58. The molecular formula is C14H24O2. The van der Waals surface area contributed by atoms with E-state index in [1.165, 1.54) is 6.08 Å². The Morgan fingerprint density at radius 1 is 1.44 bits per heavy atom. The summed E-state index contributed by atoms with van der Waals surface area (Å²) in [5.41, 5.74) is 0.0535. The third-order valence-corrected chi connectivity index (χ3v) is 2.52. The van der Waals surface area contributed by atoms with Crippen LogP contribution in [0, 0.1) is 24.7 Å². The Hall–Kier alpha value is -0.790. The Balaban J connectivity index is 4.13. The molecule has 2 unspecified atom stereocenters. The minimum Gasteiger partial charge on any atom is -0.459 e. The van der Waals surface area contributed by atoms with E-state index in [4.69, 9.17) is 4.74 Å². The average molecular weight is 224 g/mol. The van der Waals surface area contributed by atoms with Gasteiger partial charge in [-0.2, -0.15) is 0 Å². The molecule has 0 spiro atoms. The minimum absolute atomic E-state index is 0.0535. The lowest BCUT2D eigenvalue weighted by Gasteiger charge is -2.29. The van der Waals surface area contributed by atoms with Gasteiger partial charge in [0.1, 0.15) is 6.10 Å². The van der Waals surface area contributed by atoms with Gasteiger partial charge in [0, 0.05) is 12.5 Å². The fraction of sp³-hybridized carbons (Fsp3) is 0.643. The molecular weight excluding hydrogens is 200 g/mol. The lowest BCUT2D eigenvalue weighted by Crippen LogP contribution is -2.25. The van der Waals surface area contributed by atoms with Gasteiger partial charge in [0.05, 0.1) is 0 Å². The van der Waals surface area contributed by atoms with Crippen molar-refractivity contribution in [1.82, 2.24) is 0 Å². The zero-order chi connectivity index (χ0) is 12.8. The number of hydrogen-bond acceptors (Lipinski definition) is 2. The molecule has 0 bridgehead atoms. The monoisotopic (exact) mass is 224 g/mol. The van der Waals surface area contributed by atoms with Gasteiger partial charge in [-0.05, 0) is 24.7 Å². The summed E-state index contributed by atoms with van der Waals surface area (Å²) in [5, 5.41) is 0. The number of esters is 1. The molecule has 0 aromatic carbocycles. The molecule has 0 heterocycles. The molecule has 0 fully saturated rings. The summed E-state index contributed by atoms with van der Waals surface area (Å²) in [5.74, 6) is 0.207. The Kier molecular flexibility index (Phi) is 6.39. The van der Waals surface area contributed by atoms with Crippen molar-refractivity contribution in [1.29, 1.82) is 0 Å². The summed E-state index contributed by atoms with van der Waals surface area (Å²) in [6.45, 7) is 15.6. The quantitative estimate of drug-likeness (QED) is 0.488. The van der Waals surface area contributed by atoms with Gasteiger partial charge in [-0.1, -0.05) is 40.7 Å². The summed E-state index contributed by atoms with van der Waals surface area (Å²) < 4.78 is 5.12. The van der Waals surface area contributed by atoms with E-state index < -0.39 is 0 Å². The van der Waals surface area contributed by atoms with Crippen molar-refractivity contribution in [3.05, 3.63) is 26.0 Å². The Morgan fingerprint density at radius 2 is 2.00 bits per heavy atom. The second-order valence-electron chi connectivity index (χ2n) is 5.10. The highest BCUT2D eigenvalue weighted by Gasteiger charge is 2.24. The number of rotatable bonds is 7. The Morgan fingerprint density at radius 3 is 2.44 bits per heavy atom. The van der Waals surface area contributed by atoms with Crippen LogP contribution < -0.4 is 0 Å². The topological polar surface area (TPSA) is 26.3 Å². The van der Waals surface area contributed by atoms with Gasteiger partial charge in [0.15, 0.2) is 0 Å². The van der Waals surface area contributed by atoms with Gasteiger partial charge in [-0.3, -0.25) is 0 Å². The number of carbonyl (C=O) groups excluding carboxylic acids is 1. The van der Waals surface area contributed by atoms with Crippen molar-refractivity contribution in [3.63, 3.8) is 0 Å². The molecule has 2 radical (unpaired) electrons. The predicted molar refractivity (Wildman–Crippen MR) is 67.6 cm³/mol. The van der Waals surface area contributed by atoms with E-state index in [0.29, 0.717) is 5.92 Å². The molecule has 0 aromatic rings. The van der Waals surface area contributed by atoms with Crippen molar-refractivity contribution < 1.29 is 9.53 Å². The zero-order valence-corrected chi connectivity index (χ0v) is 11.0. The molecule has 2 nitrogen and oxygen atoms in total. The van der Waals surface area contributed by atoms with E-state index in [9.17, 15) is 4.79 Å². The Labute approximate surface area is 100 Å². The first-order valence-corrected chi connectivity index (χ1v) is 5.79. The van der Waals surface area contributed by atoms with Gasteiger partial charge in [0.2, 0.25) is 0 Å². The SMILES string of the molecule is [CH2]CC(C)CC(C)(C)[CH]C(C)OC(=O)C=C. The first-order chi connectivity index (χ1) is 7.30. The maximum absolute atomic E-state index is 11.0. The molecule has 2 atom stereocenters. The molecule has 0 rings (SSSR count). The van der Waals surface area contributed by atoms with Crippen LogP contribution in [0.4, 0.5) is 0 Å². The molecule has 16 heavy (non-hydrogen) atoms. The molecule has 0 aromatic heterocycles. The van der Waals surface area contributed by atoms with Crippen molar-refractivity contribution in [3.8, 4) is 0 Å². The standard InChI is InChI=1S/C14H24O2/c1-7-11(3)9-14(5,6)10-12(4)16-13(15)8-2/h8,10-12H,1-2,7,9H2,3-6H3. The highest BCUT2D eigenvalue weighted by Crippen LogP contribution is 2.31. The molecule has 0 N–H and O–H groups in total. The first kappa shape index (κ1) is 15.2. The van der Waals surface area contributed by atoms with E-state index >= 15 is 0 Å². The minimum atomic E-state index is -0.371. The molecule has 0 aliphatic rings. The molecule has 0 saturated carbocycles. The third kappa shape index (κ3) is 6.65. The lowest BCUT2D eigenvalue weighted by molar-refractivity contribution is -0.141. The molecule has 92 valence electrons. The number of ether oxygens (including phenoxy) is 1. The van der Waals surface area contributed by atoms with Crippen LogP contribution in [-0.4, -0.2) is 12.1 Å². The smallest absolute Gasteiger partial charge is 0.330 e. The molecule has 0 saturated heterocycles. The normalized spacial score (nSPS) is 15.3. The van der Waals surface area contributed by atoms with Gasteiger partial charge in [-0.15, -0.1) is 0 Å². The maximum atomic E-state index is 11.0. The molecule has 2 heteroatoms. The lowest BCUT2D eigenvalue weighted by atomic mass is 9.78. The largest absolute Gasteiger partial charge is 0.459 e. The van der Waals surface area contributed by atoms with Gasteiger partial charge < -0.3 is 4.74 Å². The Bertz CT molecular complexity index is 231. The molecule has 0 aliphatic heterocycles. The molecule has 0 amide bonds. The summed E-state index contributed by atoms with van der Waals surface area (Å²) in [4.78, 5) is 11.0. The van der Waals surface area contributed by atoms with Crippen LogP contribution in [0.15, 0.2) is 12.7 Å². The van der Waals surface area contributed by atoms with Crippen LogP contribution >= 0.6 is 0 Å². The van der Waals surface area contributed by atoms with Crippen molar-refractivity contribution >= 4 is 5.97 Å². The van der Waals surface area contributed by atoms with Gasteiger partial charge >= 0.3 is 5.97 Å². The summed E-state index contributed by atoms with van der Waals surface area (Å²) in [6, 6.07) is 0. The van der Waals surface area contributed by atoms with Crippen LogP contribution in [0.3, 0.4) is 0 Å². The van der Waals surface area contributed by atoms with Crippen LogP contribution in [0.2, 0.25) is 0 Å². The van der Waals surface area contributed by atoms with Crippen molar-refractivity contribution in [2.24, 2.45) is 11.3 Å². The highest BCUT2D eigenvalue weighted by atomic mass is 16.5. The second-order valence-corrected chi connectivity index (χ2v) is 5.10. The molecule has 0 aliphatic carbocycles. The fourth-order valence-corrected chi connectivity index (χ4v) is 1.97. The van der Waals surface area contributed by atoms with Crippen LogP contribution in [-0.2, 0) is 9.53 Å². The van der Waals surface area contributed by atoms with Crippen molar-refractivity contribution in [2.75, 3.05) is 0 Å². The van der Waals surface area contributed by atoms with E-state index in [0.717, 1.165) is 12.8 Å². The maximum Gasteiger partial charge on any atom is 0.330 e. The number of carbonyl (C=O) groups is 1. The average Bonchev–Trinajstić information content (AvgIpc) is 2.15. The fourth-order valence-electron chi connectivity index (χ4n) is 1.97. The van der Waals surface area contributed by atoms with E-state index in [-0.39, 0.29) is 17.5 Å².